The summed E-state index contributed by atoms with van der Waals surface area (Å²) in [6.45, 7) is -1.57. The van der Waals surface area contributed by atoms with Crippen molar-refractivity contribution in [3.63, 3.8) is 0 Å². The SMILES string of the molecule is CC(NC(=O)OCC1c2ccccc2-c2ccccc21)(C(=O)N(CC(=O)O)CC(F)(F)F)C1CC1. The highest BCUT2D eigenvalue weighted by Crippen LogP contribution is 2.45. The number of carbonyl (C=O) groups excluding carboxylic acids is 2. The topological polar surface area (TPSA) is 95.9 Å². The zero-order chi connectivity index (χ0) is 25.4. The molecule has 0 aromatic heterocycles. The number of carboxylic acid groups (broad SMARTS) is 1. The minimum Gasteiger partial charge on any atom is -0.480 e. The highest BCUT2D eigenvalue weighted by Gasteiger charge is 2.52. The summed E-state index contributed by atoms with van der Waals surface area (Å²) in [6, 6.07) is 15.5. The Morgan fingerprint density at radius 1 is 1.03 bits per heavy atom. The maximum absolute atomic E-state index is 13.1. The molecule has 1 saturated carbocycles. The van der Waals surface area contributed by atoms with Crippen molar-refractivity contribution >= 4 is 18.0 Å². The molecule has 35 heavy (non-hydrogen) atoms. The molecule has 186 valence electrons. The van der Waals surface area contributed by atoms with E-state index in [1.165, 1.54) is 6.92 Å². The Bertz CT molecular complexity index is 1100. The van der Waals surface area contributed by atoms with Crippen molar-refractivity contribution in [3.8, 4) is 11.1 Å². The van der Waals surface area contributed by atoms with Crippen LogP contribution in [0.5, 0.6) is 0 Å². The lowest BCUT2D eigenvalue weighted by molar-refractivity contribution is -0.169. The van der Waals surface area contributed by atoms with Gasteiger partial charge in [0.25, 0.3) is 0 Å². The first-order valence-electron chi connectivity index (χ1n) is 11.2. The average molecular weight is 490 g/mol. The Labute approximate surface area is 199 Å². The molecule has 1 fully saturated rings. The molecule has 1 unspecified atom stereocenters. The Balaban J connectivity index is 1.49. The summed E-state index contributed by atoms with van der Waals surface area (Å²) in [4.78, 5) is 37.2. The predicted octanol–water partition coefficient (Wildman–Crippen LogP) is 4.17. The van der Waals surface area contributed by atoms with E-state index in [-0.39, 0.29) is 17.4 Å². The van der Waals surface area contributed by atoms with Crippen LogP contribution in [0.3, 0.4) is 0 Å². The number of carboxylic acids is 1. The van der Waals surface area contributed by atoms with Crippen molar-refractivity contribution in [1.29, 1.82) is 0 Å². The lowest BCUT2D eigenvalue weighted by atomic mass is 9.93. The smallest absolute Gasteiger partial charge is 0.408 e. The molecule has 0 bridgehead atoms. The quantitative estimate of drug-likeness (QED) is 0.579. The number of nitrogens with one attached hydrogen (secondary N) is 1. The number of alkyl carbamates (subject to hydrolysis) is 1. The fourth-order valence-corrected chi connectivity index (χ4v) is 4.75. The summed E-state index contributed by atoms with van der Waals surface area (Å²) in [6.07, 6.45) is -4.71. The number of alkyl halides is 3. The fourth-order valence-electron chi connectivity index (χ4n) is 4.75. The highest BCUT2D eigenvalue weighted by atomic mass is 19.4. The minimum absolute atomic E-state index is 0.0316. The van der Waals surface area contributed by atoms with Gasteiger partial charge >= 0.3 is 18.2 Å². The molecular weight excluding hydrogens is 465 g/mol. The highest BCUT2D eigenvalue weighted by molar-refractivity contribution is 5.92. The van der Waals surface area contributed by atoms with E-state index in [4.69, 9.17) is 9.84 Å². The van der Waals surface area contributed by atoms with Gasteiger partial charge in [0.05, 0.1) is 0 Å². The van der Waals surface area contributed by atoms with Crippen LogP contribution >= 0.6 is 0 Å². The number of hydrogen-bond acceptors (Lipinski definition) is 4. The summed E-state index contributed by atoms with van der Waals surface area (Å²) >= 11 is 0. The van der Waals surface area contributed by atoms with Crippen LogP contribution in [0.4, 0.5) is 18.0 Å². The van der Waals surface area contributed by atoms with Crippen LogP contribution in [-0.4, -0.2) is 59.4 Å². The lowest BCUT2D eigenvalue weighted by Crippen LogP contribution is -2.61. The van der Waals surface area contributed by atoms with Crippen LogP contribution < -0.4 is 5.32 Å². The summed E-state index contributed by atoms with van der Waals surface area (Å²) in [7, 11) is 0. The molecule has 2 aromatic carbocycles. The van der Waals surface area contributed by atoms with E-state index in [0.29, 0.717) is 12.8 Å². The van der Waals surface area contributed by atoms with E-state index in [2.05, 4.69) is 5.32 Å². The third-order valence-electron chi connectivity index (χ3n) is 6.53. The molecule has 10 heteroatoms. The number of fused-ring (bicyclic) bond motifs is 3. The van der Waals surface area contributed by atoms with Gasteiger partial charge in [-0.05, 0) is 47.9 Å². The maximum Gasteiger partial charge on any atom is 0.408 e. The molecule has 0 saturated heterocycles. The van der Waals surface area contributed by atoms with Crippen LogP contribution in [0.1, 0.15) is 36.8 Å². The van der Waals surface area contributed by atoms with Crippen LogP contribution in [0.15, 0.2) is 48.5 Å². The van der Waals surface area contributed by atoms with E-state index >= 15 is 0 Å². The molecule has 0 spiro atoms. The Morgan fingerprint density at radius 3 is 2.06 bits per heavy atom. The monoisotopic (exact) mass is 490 g/mol. The normalized spacial score (nSPS) is 16.6. The van der Waals surface area contributed by atoms with Crippen molar-refractivity contribution in [2.24, 2.45) is 5.92 Å². The van der Waals surface area contributed by atoms with E-state index < -0.39 is 48.7 Å². The van der Waals surface area contributed by atoms with Gasteiger partial charge in [-0.3, -0.25) is 9.59 Å². The van der Waals surface area contributed by atoms with Gasteiger partial charge in [0.2, 0.25) is 5.91 Å². The van der Waals surface area contributed by atoms with Crippen molar-refractivity contribution in [1.82, 2.24) is 10.2 Å². The molecule has 1 atom stereocenters. The van der Waals surface area contributed by atoms with Crippen LogP contribution in [-0.2, 0) is 14.3 Å². The number of rotatable bonds is 8. The summed E-state index contributed by atoms with van der Waals surface area (Å²) in [5.41, 5.74) is 2.32. The molecule has 0 heterocycles. The van der Waals surface area contributed by atoms with Gasteiger partial charge in [0.15, 0.2) is 0 Å². The molecule has 2 amide bonds. The zero-order valence-electron chi connectivity index (χ0n) is 19.0. The van der Waals surface area contributed by atoms with E-state index in [9.17, 15) is 27.6 Å². The molecule has 0 radical (unpaired) electrons. The molecule has 2 aromatic rings. The molecule has 0 aliphatic heterocycles. The van der Waals surface area contributed by atoms with Gasteiger partial charge in [-0.2, -0.15) is 13.2 Å². The maximum atomic E-state index is 13.1. The second kappa shape index (κ2) is 9.24. The van der Waals surface area contributed by atoms with Gasteiger partial charge in [-0.25, -0.2) is 4.79 Å². The van der Waals surface area contributed by atoms with Gasteiger partial charge in [0.1, 0.15) is 25.2 Å². The largest absolute Gasteiger partial charge is 0.480 e. The number of halogens is 3. The Kier molecular flexibility index (Phi) is 6.48. The van der Waals surface area contributed by atoms with Gasteiger partial charge in [-0.15, -0.1) is 0 Å². The van der Waals surface area contributed by atoms with Gasteiger partial charge in [0, 0.05) is 5.92 Å². The first-order valence-corrected chi connectivity index (χ1v) is 11.2. The van der Waals surface area contributed by atoms with Crippen LogP contribution in [0.25, 0.3) is 11.1 Å². The number of amides is 2. The summed E-state index contributed by atoms with van der Waals surface area (Å²) < 4.78 is 44.5. The number of nitrogens with zero attached hydrogens (tertiary/aromatic N) is 1. The first-order chi connectivity index (χ1) is 16.5. The van der Waals surface area contributed by atoms with Gasteiger partial charge < -0.3 is 20.1 Å². The lowest BCUT2D eigenvalue weighted by Gasteiger charge is -2.35. The molecule has 2 aliphatic carbocycles. The number of hydrogen-bond donors (Lipinski definition) is 2. The van der Waals surface area contributed by atoms with Crippen LogP contribution in [0, 0.1) is 5.92 Å². The van der Waals surface area contributed by atoms with E-state index in [0.717, 1.165) is 22.3 Å². The van der Waals surface area contributed by atoms with E-state index in [1.807, 2.05) is 48.5 Å². The number of benzene rings is 2. The van der Waals surface area contributed by atoms with E-state index in [1.54, 1.807) is 0 Å². The van der Waals surface area contributed by atoms with Crippen LogP contribution in [0.2, 0.25) is 0 Å². The molecule has 2 aliphatic rings. The predicted molar refractivity (Wildman–Crippen MR) is 120 cm³/mol. The van der Waals surface area contributed by atoms with Crippen molar-refractivity contribution in [3.05, 3.63) is 59.7 Å². The summed E-state index contributed by atoms with van der Waals surface area (Å²) in [5.74, 6) is -3.33. The summed E-state index contributed by atoms with van der Waals surface area (Å²) in [5, 5.41) is 11.5. The molecule has 7 nitrogen and oxygen atoms in total. The van der Waals surface area contributed by atoms with Crippen molar-refractivity contribution in [2.75, 3.05) is 19.7 Å². The number of carbonyl (C=O) groups is 3. The first kappa shape index (κ1) is 24.6. The number of aliphatic carboxylic acids is 1. The minimum atomic E-state index is -4.79. The molecule has 2 N–H and O–H groups in total. The average Bonchev–Trinajstić information content (AvgIpc) is 3.59. The Hall–Kier alpha value is -3.56. The second-order valence-electron chi connectivity index (χ2n) is 9.10. The standard InChI is InChI=1S/C25H25F3N2O5/c1-24(15-10-11-15,22(33)30(12-21(31)32)14-25(26,27)28)29-23(34)35-13-20-18-8-4-2-6-16(18)17-7-3-5-9-19(17)20/h2-9,15,20H,10-14H2,1H3,(H,29,34)(H,31,32). The van der Waals surface area contributed by atoms with Crippen molar-refractivity contribution < 1.29 is 37.4 Å². The third-order valence-corrected chi connectivity index (χ3v) is 6.53. The molecular formula is C25H25F3N2O5. The second-order valence-corrected chi connectivity index (χ2v) is 9.10. The third kappa shape index (κ3) is 5.26. The Morgan fingerprint density at radius 2 is 1.57 bits per heavy atom. The molecule has 4 rings (SSSR count). The fraction of sp³-hybridized carbons (Fsp3) is 0.400. The van der Waals surface area contributed by atoms with Gasteiger partial charge in [-0.1, -0.05) is 48.5 Å². The number of ether oxygens (including phenoxy) is 1. The van der Waals surface area contributed by atoms with Crippen molar-refractivity contribution in [2.45, 2.75) is 37.4 Å². The zero-order valence-corrected chi connectivity index (χ0v) is 19.0.